The van der Waals surface area contributed by atoms with Crippen molar-refractivity contribution < 1.29 is 14.3 Å². The van der Waals surface area contributed by atoms with Crippen LogP contribution in [-0.2, 0) is 13.1 Å². The Labute approximate surface area is 175 Å². The van der Waals surface area contributed by atoms with Crippen LogP contribution >= 0.6 is 11.6 Å². The number of nitrogens with one attached hydrogen (secondary N) is 1. The molecule has 152 valence electrons. The molecular formula is C22H24ClN3O3. The smallest absolute Gasteiger partial charge is 0.251 e. The van der Waals surface area contributed by atoms with Gasteiger partial charge in [-0.2, -0.15) is 5.10 Å². The zero-order chi connectivity index (χ0) is 21.0. The van der Waals surface area contributed by atoms with Crippen molar-refractivity contribution >= 4 is 17.5 Å². The van der Waals surface area contributed by atoms with Crippen LogP contribution in [0.2, 0.25) is 5.02 Å². The van der Waals surface area contributed by atoms with E-state index >= 15 is 0 Å². The van der Waals surface area contributed by atoms with Crippen molar-refractivity contribution in [3.8, 4) is 11.5 Å². The lowest BCUT2D eigenvalue weighted by atomic mass is 10.1. The molecule has 29 heavy (non-hydrogen) atoms. The highest BCUT2D eigenvalue weighted by Crippen LogP contribution is 2.36. The zero-order valence-electron chi connectivity index (χ0n) is 17.0. The van der Waals surface area contributed by atoms with E-state index in [1.807, 2.05) is 36.7 Å². The minimum Gasteiger partial charge on any atom is -0.493 e. The van der Waals surface area contributed by atoms with Gasteiger partial charge in [0, 0.05) is 23.4 Å². The Hall–Kier alpha value is -2.99. The van der Waals surface area contributed by atoms with E-state index in [0.717, 1.165) is 17.0 Å². The Balaban J connectivity index is 1.75. The number of carbonyl (C=O) groups excluding carboxylic acids is 1. The summed E-state index contributed by atoms with van der Waals surface area (Å²) in [5, 5.41) is 7.89. The number of rotatable bonds is 7. The molecule has 0 aliphatic carbocycles. The molecule has 0 aliphatic rings. The highest BCUT2D eigenvalue weighted by atomic mass is 35.5. The van der Waals surface area contributed by atoms with E-state index in [1.54, 1.807) is 12.1 Å². The fourth-order valence-electron chi connectivity index (χ4n) is 3.22. The normalized spacial score (nSPS) is 10.7. The second-order valence-electron chi connectivity index (χ2n) is 6.67. The molecule has 7 heteroatoms. The molecule has 6 nitrogen and oxygen atoms in total. The van der Waals surface area contributed by atoms with E-state index in [2.05, 4.69) is 22.5 Å². The molecule has 3 aromatic rings. The number of carbonyl (C=O) groups is 1. The minimum absolute atomic E-state index is 0.248. The number of halogens is 1. The second kappa shape index (κ2) is 9.01. The van der Waals surface area contributed by atoms with E-state index in [-0.39, 0.29) is 5.91 Å². The maximum absolute atomic E-state index is 12.7. The van der Waals surface area contributed by atoms with Crippen molar-refractivity contribution in [1.29, 1.82) is 0 Å². The van der Waals surface area contributed by atoms with Crippen LogP contribution < -0.4 is 14.8 Å². The largest absolute Gasteiger partial charge is 0.493 e. The Morgan fingerprint density at radius 3 is 2.52 bits per heavy atom. The molecule has 0 fully saturated rings. The first kappa shape index (κ1) is 20.7. The average Bonchev–Trinajstić information content (AvgIpc) is 2.98. The fourth-order valence-corrected chi connectivity index (χ4v) is 3.51. The number of nitrogens with zero attached hydrogens (tertiary/aromatic N) is 2. The number of aromatic nitrogens is 2. The van der Waals surface area contributed by atoms with Crippen LogP contribution in [0, 0.1) is 13.8 Å². The Morgan fingerprint density at radius 1 is 1.14 bits per heavy atom. The predicted octanol–water partition coefficient (Wildman–Crippen LogP) is 4.15. The van der Waals surface area contributed by atoms with E-state index in [1.165, 1.54) is 19.8 Å². The highest BCUT2D eigenvalue weighted by molar-refractivity contribution is 6.32. The molecule has 0 unspecified atom stereocenters. The molecule has 0 saturated carbocycles. The molecule has 1 N–H and O–H groups in total. The minimum atomic E-state index is -0.248. The molecule has 1 heterocycles. The lowest BCUT2D eigenvalue weighted by Gasteiger charge is -2.12. The van der Waals surface area contributed by atoms with Gasteiger partial charge in [-0.15, -0.1) is 0 Å². The number of benzene rings is 2. The zero-order valence-corrected chi connectivity index (χ0v) is 17.7. The van der Waals surface area contributed by atoms with Crippen LogP contribution in [0.1, 0.15) is 32.9 Å². The average molecular weight is 414 g/mol. The van der Waals surface area contributed by atoms with Gasteiger partial charge in [0.2, 0.25) is 0 Å². The number of amides is 1. The third kappa shape index (κ3) is 4.54. The molecule has 3 rings (SSSR count). The number of methoxy groups -OCH3 is 2. The Morgan fingerprint density at radius 2 is 1.86 bits per heavy atom. The van der Waals surface area contributed by atoms with Crippen molar-refractivity contribution in [2.45, 2.75) is 26.9 Å². The van der Waals surface area contributed by atoms with Crippen LogP contribution in [0.5, 0.6) is 11.5 Å². The van der Waals surface area contributed by atoms with Gasteiger partial charge in [0.25, 0.3) is 5.91 Å². The first-order valence-corrected chi connectivity index (χ1v) is 9.59. The van der Waals surface area contributed by atoms with Gasteiger partial charge in [-0.25, -0.2) is 0 Å². The van der Waals surface area contributed by atoms with Crippen molar-refractivity contribution in [2.24, 2.45) is 0 Å². The van der Waals surface area contributed by atoms with Gasteiger partial charge in [0.05, 0.1) is 31.5 Å². The van der Waals surface area contributed by atoms with Crippen LogP contribution in [-0.4, -0.2) is 29.9 Å². The molecule has 0 aliphatic heterocycles. The molecule has 0 atom stereocenters. The quantitative estimate of drug-likeness (QED) is 0.632. The number of hydrogen-bond acceptors (Lipinski definition) is 4. The van der Waals surface area contributed by atoms with Gasteiger partial charge in [-0.3, -0.25) is 9.48 Å². The first-order chi connectivity index (χ1) is 13.9. The van der Waals surface area contributed by atoms with Gasteiger partial charge in [0.15, 0.2) is 11.5 Å². The Kier molecular flexibility index (Phi) is 6.44. The lowest BCUT2D eigenvalue weighted by Crippen LogP contribution is -2.23. The van der Waals surface area contributed by atoms with Gasteiger partial charge < -0.3 is 14.8 Å². The van der Waals surface area contributed by atoms with Crippen LogP contribution in [0.25, 0.3) is 0 Å². The predicted molar refractivity (Wildman–Crippen MR) is 113 cm³/mol. The number of ether oxygens (including phenoxy) is 2. The first-order valence-electron chi connectivity index (χ1n) is 9.21. The monoisotopic (exact) mass is 413 g/mol. The van der Waals surface area contributed by atoms with Crippen LogP contribution in [0.4, 0.5) is 0 Å². The van der Waals surface area contributed by atoms with Gasteiger partial charge >= 0.3 is 0 Å². The molecule has 0 saturated heterocycles. The Bertz CT molecular complexity index is 1020. The maximum atomic E-state index is 12.7. The van der Waals surface area contributed by atoms with Crippen molar-refractivity contribution in [1.82, 2.24) is 15.1 Å². The third-order valence-corrected chi connectivity index (χ3v) is 5.11. The topological polar surface area (TPSA) is 65.4 Å². The molecule has 2 aromatic carbocycles. The molecule has 1 amide bonds. The van der Waals surface area contributed by atoms with Crippen LogP contribution in [0.3, 0.4) is 0 Å². The van der Waals surface area contributed by atoms with E-state index < -0.39 is 0 Å². The molecule has 0 radical (unpaired) electrons. The van der Waals surface area contributed by atoms with E-state index in [0.29, 0.717) is 35.2 Å². The molecule has 1 aromatic heterocycles. The SMILES string of the molecule is COc1cc(C(=O)NCc2c(C)nn(Cc3ccccc3)c2C)cc(Cl)c1OC. The number of hydrogen-bond donors (Lipinski definition) is 1. The van der Waals surface area contributed by atoms with Crippen molar-refractivity contribution in [2.75, 3.05) is 14.2 Å². The summed E-state index contributed by atoms with van der Waals surface area (Å²) >= 11 is 6.21. The number of aryl methyl sites for hydroxylation is 1. The molecule has 0 spiro atoms. The highest BCUT2D eigenvalue weighted by Gasteiger charge is 2.17. The van der Waals surface area contributed by atoms with Crippen LogP contribution in [0.15, 0.2) is 42.5 Å². The summed E-state index contributed by atoms with van der Waals surface area (Å²) in [5.74, 6) is 0.565. The molecule has 0 bridgehead atoms. The van der Waals surface area contributed by atoms with E-state index in [9.17, 15) is 4.79 Å². The fraction of sp³-hybridized carbons (Fsp3) is 0.273. The van der Waals surface area contributed by atoms with E-state index in [4.69, 9.17) is 21.1 Å². The lowest BCUT2D eigenvalue weighted by molar-refractivity contribution is 0.0950. The van der Waals surface area contributed by atoms with Gasteiger partial charge in [0.1, 0.15) is 0 Å². The summed E-state index contributed by atoms with van der Waals surface area (Å²) in [6.07, 6.45) is 0. The maximum Gasteiger partial charge on any atom is 0.251 e. The second-order valence-corrected chi connectivity index (χ2v) is 7.08. The molecular weight excluding hydrogens is 390 g/mol. The van der Waals surface area contributed by atoms with Gasteiger partial charge in [-0.1, -0.05) is 41.9 Å². The summed E-state index contributed by atoms with van der Waals surface area (Å²) in [7, 11) is 3.01. The summed E-state index contributed by atoms with van der Waals surface area (Å²) in [6, 6.07) is 13.3. The van der Waals surface area contributed by atoms with Crippen molar-refractivity contribution in [3.63, 3.8) is 0 Å². The standard InChI is InChI=1S/C22H24ClN3O3/c1-14-18(15(2)26(25-14)13-16-8-6-5-7-9-16)12-24-22(27)17-10-19(23)21(29-4)20(11-17)28-3/h5-11H,12-13H2,1-4H3,(H,24,27). The van der Waals surface area contributed by atoms with Crippen molar-refractivity contribution in [3.05, 3.63) is 75.6 Å². The summed E-state index contributed by atoms with van der Waals surface area (Å²) < 4.78 is 12.4. The summed E-state index contributed by atoms with van der Waals surface area (Å²) in [5.41, 5.74) is 4.50. The summed E-state index contributed by atoms with van der Waals surface area (Å²) in [6.45, 7) is 5.02. The summed E-state index contributed by atoms with van der Waals surface area (Å²) in [4.78, 5) is 12.7. The third-order valence-electron chi connectivity index (χ3n) is 4.83. The van der Waals surface area contributed by atoms with Gasteiger partial charge in [-0.05, 0) is 31.5 Å².